The Labute approximate surface area is 194 Å². The van der Waals surface area contributed by atoms with Crippen LogP contribution in [0.4, 0.5) is 5.69 Å². The Morgan fingerprint density at radius 2 is 1.66 bits per heavy atom. The molecular formula is C25H27ClN2O3S. The molecule has 0 spiro atoms. The molecule has 168 valence electrons. The van der Waals surface area contributed by atoms with E-state index in [1.807, 2.05) is 64.1 Å². The SMILES string of the molecule is Cc1cccc(NS(=O)(=O)c2cc(C(=O)NC(C)(C)Cc3ccccc3)ccc2Cl)c1C. The number of amides is 1. The van der Waals surface area contributed by atoms with E-state index in [0.717, 1.165) is 16.7 Å². The summed E-state index contributed by atoms with van der Waals surface area (Å²) in [6.07, 6.45) is 0.631. The largest absolute Gasteiger partial charge is 0.347 e. The van der Waals surface area contributed by atoms with Crippen molar-refractivity contribution in [3.05, 3.63) is 94.0 Å². The quantitative estimate of drug-likeness (QED) is 0.478. The molecule has 0 radical (unpaired) electrons. The van der Waals surface area contributed by atoms with Crippen LogP contribution in [-0.2, 0) is 16.4 Å². The molecule has 0 saturated carbocycles. The molecule has 0 aliphatic carbocycles. The minimum Gasteiger partial charge on any atom is -0.347 e. The zero-order valence-corrected chi connectivity index (χ0v) is 20.1. The van der Waals surface area contributed by atoms with Crippen LogP contribution in [0.3, 0.4) is 0 Å². The molecule has 1 amide bonds. The van der Waals surface area contributed by atoms with E-state index in [2.05, 4.69) is 10.0 Å². The highest BCUT2D eigenvalue weighted by Gasteiger charge is 2.25. The van der Waals surface area contributed by atoms with E-state index < -0.39 is 15.6 Å². The van der Waals surface area contributed by atoms with Crippen molar-refractivity contribution in [2.24, 2.45) is 0 Å². The summed E-state index contributed by atoms with van der Waals surface area (Å²) >= 11 is 6.21. The predicted molar refractivity (Wildman–Crippen MR) is 130 cm³/mol. The molecule has 0 atom stereocenters. The highest BCUT2D eigenvalue weighted by atomic mass is 35.5. The number of halogens is 1. The first-order chi connectivity index (χ1) is 15.0. The molecule has 0 bridgehead atoms. The molecule has 2 N–H and O–H groups in total. The van der Waals surface area contributed by atoms with E-state index in [4.69, 9.17) is 11.6 Å². The lowest BCUT2D eigenvalue weighted by Crippen LogP contribution is -2.45. The summed E-state index contributed by atoms with van der Waals surface area (Å²) in [5.74, 6) is -0.370. The number of carbonyl (C=O) groups is 1. The van der Waals surface area contributed by atoms with Gasteiger partial charge in [0.25, 0.3) is 15.9 Å². The van der Waals surface area contributed by atoms with Gasteiger partial charge < -0.3 is 5.32 Å². The highest BCUT2D eigenvalue weighted by molar-refractivity contribution is 7.92. The summed E-state index contributed by atoms with van der Waals surface area (Å²) < 4.78 is 28.7. The first-order valence-corrected chi connectivity index (χ1v) is 12.1. The van der Waals surface area contributed by atoms with E-state index in [-0.39, 0.29) is 21.4 Å². The third kappa shape index (κ3) is 5.69. The van der Waals surface area contributed by atoms with Crippen LogP contribution < -0.4 is 10.0 Å². The fourth-order valence-corrected chi connectivity index (χ4v) is 5.09. The van der Waals surface area contributed by atoms with Gasteiger partial charge in [0.1, 0.15) is 4.90 Å². The number of hydrogen-bond acceptors (Lipinski definition) is 3. The smallest absolute Gasteiger partial charge is 0.263 e. The maximum atomic E-state index is 13.1. The topological polar surface area (TPSA) is 75.3 Å². The van der Waals surface area contributed by atoms with Crippen LogP contribution in [0.5, 0.6) is 0 Å². The normalized spacial score (nSPS) is 11.8. The van der Waals surface area contributed by atoms with Gasteiger partial charge in [0.15, 0.2) is 0 Å². The van der Waals surface area contributed by atoms with Crippen molar-refractivity contribution in [3.63, 3.8) is 0 Å². The second-order valence-electron chi connectivity index (χ2n) is 8.50. The first kappa shape index (κ1) is 23.8. The zero-order valence-electron chi connectivity index (χ0n) is 18.6. The molecule has 32 heavy (non-hydrogen) atoms. The number of carbonyl (C=O) groups excluding carboxylic acids is 1. The van der Waals surface area contributed by atoms with Crippen LogP contribution in [0.1, 0.15) is 40.9 Å². The van der Waals surface area contributed by atoms with Gasteiger partial charge in [-0.15, -0.1) is 0 Å². The minimum atomic E-state index is -3.99. The fourth-order valence-electron chi connectivity index (χ4n) is 3.44. The van der Waals surface area contributed by atoms with Crippen LogP contribution >= 0.6 is 11.6 Å². The van der Waals surface area contributed by atoms with Crippen LogP contribution in [0.25, 0.3) is 0 Å². The second-order valence-corrected chi connectivity index (χ2v) is 10.6. The Hall–Kier alpha value is -2.83. The maximum absolute atomic E-state index is 13.1. The van der Waals surface area contributed by atoms with Gasteiger partial charge in [0.05, 0.1) is 10.7 Å². The highest BCUT2D eigenvalue weighted by Crippen LogP contribution is 2.27. The molecule has 0 fully saturated rings. The number of hydrogen-bond donors (Lipinski definition) is 2. The first-order valence-electron chi connectivity index (χ1n) is 10.2. The molecule has 0 saturated heterocycles. The third-order valence-corrected chi connectivity index (χ3v) is 7.12. The van der Waals surface area contributed by atoms with Gasteiger partial charge in [-0.1, -0.05) is 54.1 Å². The van der Waals surface area contributed by atoms with E-state index in [9.17, 15) is 13.2 Å². The zero-order chi connectivity index (χ0) is 23.5. The second kappa shape index (κ2) is 9.35. The van der Waals surface area contributed by atoms with E-state index in [0.29, 0.717) is 12.1 Å². The summed E-state index contributed by atoms with van der Waals surface area (Å²) in [4.78, 5) is 12.8. The molecule has 7 heteroatoms. The summed E-state index contributed by atoms with van der Waals surface area (Å²) in [5, 5.41) is 3.03. The molecule has 5 nitrogen and oxygen atoms in total. The average molecular weight is 471 g/mol. The number of aryl methyl sites for hydroxylation is 1. The molecule has 3 aromatic rings. The van der Waals surface area contributed by atoms with Crippen LogP contribution in [0.15, 0.2) is 71.6 Å². The molecule has 3 aromatic carbocycles. The molecule has 0 heterocycles. The molecule has 0 aliphatic heterocycles. The monoisotopic (exact) mass is 470 g/mol. The maximum Gasteiger partial charge on any atom is 0.263 e. The van der Waals surface area contributed by atoms with Gasteiger partial charge in [-0.3, -0.25) is 9.52 Å². The van der Waals surface area contributed by atoms with Crippen LogP contribution in [0.2, 0.25) is 5.02 Å². The summed E-state index contributed by atoms with van der Waals surface area (Å²) in [5.41, 5.74) is 3.04. The molecule has 0 aliphatic rings. The van der Waals surface area contributed by atoms with Crippen molar-refractivity contribution >= 4 is 33.2 Å². The lowest BCUT2D eigenvalue weighted by Gasteiger charge is -2.26. The van der Waals surface area contributed by atoms with Gasteiger partial charge >= 0.3 is 0 Å². The minimum absolute atomic E-state index is 0.0444. The van der Waals surface area contributed by atoms with Crippen molar-refractivity contribution < 1.29 is 13.2 Å². The number of sulfonamides is 1. The Kier molecular flexibility index (Phi) is 6.96. The van der Waals surface area contributed by atoms with Crippen molar-refractivity contribution in [1.82, 2.24) is 5.32 Å². The van der Waals surface area contributed by atoms with Gasteiger partial charge in [0.2, 0.25) is 0 Å². The summed E-state index contributed by atoms with van der Waals surface area (Å²) in [6.45, 7) is 7.59. The lowest BCUT2D eigenvalue weighted by molar-refractivity contribution is 0.0913. The summed E-state index contributed by atoms with van der Waals surface area (Å²) in [6, 6.07) is 19.5. The molecular weight excluding hydrogens is 444 g/mol. The van der Waals surface area contributed by atoms with E-state index in [1.54, 1.807) is 12.1 Å². The van der Waals surface area contributed by atoms with Gasteiger partial charge in [0, 0.05) is 11.1 Å². The summed E-state index contributed by atoms with van der Waals surface area (Å²) in [7, 11) is -3.99. The Morgan fingerprint density at radius 1 is 0.969 bits per heavy atom. The van der Waals surface area contributed by atoms with Crippen molar-refractivity contribution in [1.29, 1.82) is 0 Å². The van der Waals surface area contributed by atoms with Gasteiger partial charge in [-0.25, -0.2) is 8.42 Å². The molecule has 0 unspecified atom stereocenters. The number of rotatable bonds is 7. The molecule has 3 rings (SSSR count). The van der Waals surface area contributed by atoms with E-state index >= 15 is 0 Å². The van der Waals surface area contributed by atoms with Gasteiger partial charge in [-0.2, -0.15) is 0 Å². The lowest BCUT2D eigenvalue weighted by atomic mass is 9.94. The average Bonchev–Trinajstić information content (AvgIpc) is 2.71. The Balaban J connectivity index is 1.84. The molecule has 0 aromatic heterocycles. The van der Waals surface area contributed by atoms with E-state index in [1.165, 1.54) is 18.2 Å². The van der Waals surface area contributed by atoms with Crippen molar-refractivity contribution in [2.75, 3.05) is 4.72 Å². The van der Waals surface area contributed by atoms with Crippen LogP contribution in [-0.4, -0.2) is 19.9 Å². The van der Waals surface area contributed by atoms with Crippen molar-refractivity contribution in [2.45, 2.75) is 44.6 Å². The third-order valence-electron chi connectivity index (χ3n) is 5.27. The number of anilines is 1. The number of benzene rings is 3. The standard InChI is InChI=1S/C25H27ClN2O3S/c1-17-9-8-12-22(18(17)2)28-32(30,31)23-15-20(13-14-21(23)26)24(29)27-25(3,4)16-19-10-6-5-7-11-19/h5-15,28H,16H2,1-4H3,(H,27,29). The van der Waals surface area contributed by atoms with Gasteiger partial charge in [-0.05, 0) is 75.1 Å². The Bertz CT molecular complexity index is 1240. The van der Waals surface area contributed by atoms with Crippen molar-refractivity contribution in [3.8, 4) is 0 Å². The van der Waals surface area contributed by atoms with Crippen LogP contribution in [0, 0.1) is 13.8 Å². The number of nitrogens with one attached hydrogen (secondary N) is 2. The Morgan fingerprint density at radius 3 is 2.34 bits per heavy atom. The fraction of sp³-hybridized carbons (Fsp3) is 0.240. The predicted octanol–water partition coefficient (Wildman–Crippen LogP) is 5.51.